The lowest BCUT2D eigenvalue weighted by molar-refractivity contribution is 0.523. The van der Waals surface area contributed by atoms with Gasteiger partial charge in [-0.25, -0.2) is 4.98 Å². The molecule has 0 bridgehead atoms. The minimum atomic E-state index is 0.458. The Kier molecular flexibility index (Phi) is 1.53. The fourth-order valence-electron chi connectivity index (χ4n) is 1.40. The number of halogens is 1. The van der Waals surface area contributed by atoms with E-state index in [1.807, 2.05) is 0 Å². The summed E-state index contributed by atoms with van der Waals surface area (Å²) in [4.78, 5) is 4.29. The monoisotopic (exact) mass is 263 g/mol. The molecular weight excluding hydrogens is 253 g/mol. The van der Waals surface area contributed by atoms with Crippen LogP contribution in [0.15, 0.2) is 10.7 Å². The van der Waals surface area contributed by atoms with E-state index in [2.05, 4.69) is 41.4 Å². The first-order valence-corrected chi connectivity index (χ1v) is 4.78. The van der Waals surface area contributed by atoms with Crippen LogP contribution in [0.1, 0.15) is 31.9 Å². The van der Waals surface area contributed by atoms with Gasteiger partial charge in [-0.3, -0.25) is 0 Å². The molecule has 11 heavy (non-hydrogen) atoms. The Labute approximate surface area is 79.5 Å². The summed E-state index contributed by atoms with van der Waals surface area (Å²) in [6.45, 7) is 4.53. The van der Waals surface area contributed by atoms with Crippen molar-refractivity contribution >= 4 is 22.6 Å². The summed E-state index contributed by atoms with van der Waals surface area (Å²) in [5.41, 5.74) is 1.58. The van der Waals surface area contributed by atoms with E-state index in [1.54, 1.807) is 6.26 Å². The zero-order valence-electron chi connectivity index (χ0n) is 6.60. The normalized spacial score (nSPS) is 27.0. The zero-order valence-corrected chi connectivity index (χ0v) is 8.75. The van der Waals surface area contributed by atoms with Crippen molar-refractivity contribution < 1.29 is 4.42 Å². The summed E-state index contributed by atoms with van der Waals surface area (Å²) in [5, 5.41) is 0. The summed E-state index contributed by atoms with van der Waals surface area (Å²) < 4.78 is 5.88. The van der Waals surface area contributed by atoms with E-state index in [9.17, 15) is 0 Å². The number of hydrogen-bond donors (Lipinski definition) is 0. The second-order valence-electron chi connectivity index (χ2n) is 3.77. The second-order valence-corrected chi connectivity index (χ2v) is 4.69. The van der Waals surface area contributed by atoms with Crippen LogP contribution in [0.25, 0.3) is 0 Å². The standard InChI is InChI=1S/C8H10INO/c1-8(2)3-5(8)6-4-11-7(9)10-6/h4-5H,3H2,1-2H3. The van der Waals surface area contributed by atoms with Crippen LogP contribution in [0.4, 0.5) is 0 Å². The van der Waals surface area contributed by atoms with Crippen LogP contribution in [0, 0.1) is 9.31 Å². The summed E-state index contributed by atoms with van der Waals surface area (Å²) in [5.74, 6) is 0.634. The summed E-state index contributed by atoms with van der Waals surface area (Å²) in [7, 11) is 0. The highest BCUT2D eigenvalue weighted by molar-refractivity contribution is 14.1. The van der Waals surface area contributed by atoms with E-state index in [0.29, 0.717) is 11.3 Å². The van der Waals surface area contributed by atoms with Gasteiger partial charge in [0.25, 0.3) is 3.90 Å². The van der Waals surface area contributed by atoms with Gasteiger partial charge in [0.1, 0.15) is 6.26 Å². The molecule has 1 aliphatic rings. The molecule has 2 rings (SSSR count). The molecular formula is C8H10INO. The molecule has 1 saturated carbocycles. The Balaban J connectivity index is 2.20. The van der Waals surface area contributed by atoms with E-state index in [0.717, 1.165) is 9.59 Å². The van der Waals surface area contributed by atoms with Crippen molar-refractivity contribution in [3.8, 4) is 0 Å². The van der Waals surface area contributed by atoms with Crippen LogP contribution in [0.5, 0.6) is 0 Å². The molecule has 0 N–H and O–H groups in total. The van der Waals surface area contributed by atoms with Crippen molar-refractivity contribution in [1.29, 1.82) is 0 Å². The molecule has 0 saturated heterocycles. The zero-order chi connectivity index (χ0) is 8.06. The number of oxazole rings is 1. The van der Waals surface area contributed by atoms with Crippen molar-refractivity contribution in [1.82, 2.24) is 4.98 Å². The van der Waals surface area contributed by atoms with E-state index in [1.165, 1.54) is 6.42 Å². The summed E-state index contributed by atoms with van der Waals surface area (Å²) in [6, 6.07) is 0. The molecule has 2 nitrogen and oxygen atoms in total. The smallest absolute Gasteiger partial charge is 0.257 e. The quantitative estimate of drug-likeness (QED) is 0.728. The largest absolute Gasteiger partial charge is 0.440 e. The maximum Gasteiger partial charge on any atom is 0.257 e. The number of hydrogen-bond acceptors (Lipinski definition) is 2. The first kappa shape index (κ1) is 7.58. The molecule has 0 aromatic carbocycles. The summed E-state index contributed by atoms with van der Waals surface area (Å²) in [6.07, 6.45) is 3.02. The van der Waals surface area contributed by atoms with Gasteiger partial charge in [0.2, 0.25) is 0 Å². The van der Waals surface area contributed by atoms with Crippen LogP contribution in [0.3, 0.4) is 0 Å². The third kappa shape index (κ3) is 1.30. The SMILES string of the molecule is CC1(C)CC1c1coc(I)n1. The first-order valence-electron chi connectivity index (χ1n) is 3.70. The Morgan fingerprint density at radius 2 is 2.36 bits per heavy atom. The Morgan fingerprint density at radius 3 is 2.73 bits per heavy atom. The van der Waals surface area contributed by atoms with Gasteiger partial charge in [-0.15, -0.1) is 0 Å². The van der Waals surface area contributed by atoms with Crippen molar-refractivity contribution in [2.75, 3.05) is 0 Å². The number of aromatic nitrogens is 1. The van der Waals surface area contributed by atoms with Crippen LogP contribution in [-0.4, -0.2) is 4.98 Å². The van der Waals surface area contributed by atoms with Gasteiger partial charge in [-0.1, -0.05) is 13.8 Å². The Hall–Kier alpha value is -0.0600. The van der Waals surface area contributed by atoms with Crippen molar-refractivity contribution in [3.05, 3.63) is 15.9 Å². The second kappa shape index (κ2) is 2.21. The van der Waals surface area contributed by atoms with E-state index in [-0.39, 0.29) is 0 Å². The molecule has 1 aromatic rings. The highest BCUT2D eigenvalue weighted by Gasteiger charge is 2.48. The molecule has 3 heteroatoms. The van der Waals surface area contributed by atoms with Gasteiger partial charge in [0, 0.05) is 28.5 Å². The van der Waals surface area contributed by atoms with E-state index < -0.39 is 0 Å². The van der Waals surface area contributed by atoms with Crippen molar-refractivity contribution in [3.63, 3.8) is 0 Å². The third-order valence-corrected chi connectivity index (χ3v) is 2.86. The maximum atomic E-state index is 5.13. The van der Waals surface area contributed by atoms with Gasteiger partial charge in [0.05, 0.1) is 5.69 Å². The predicted molar refractivity (Wildman–Crippen MR) is 50.4 cm³/mol. The minimum Gasteiger partial charge on any atom is -0.440 e. The molecule has 1 atom stereocenters. The van der Waals surface area contributed by atoms with Gasteiger partial charge in [0.15, 0.2) is 0 Å². The van der Waals surface area contributed by atoms with Crippen LogP contribution in [-0.2, 0) is 0 Å². The molecule has 1 heterocycles. The number of nitrogens with zero attached hydrogens (tertiary/aromatic N) is 1. The average molecular weight is 263 g/mol. The van der Waals surface area contributed by atoms with Crippen LogP contribution in [0.2, 0.25) is 0 Å². The highest BCUT2D eigenvalue weighted by atomic mass is 127. The maximum absolute atomic E-state index is 5.13. The van der Waals surface area contributed by atoms with Crippen molar-refractivity contribution in [2.45, 2.75) is 26.2 Å². The van der Waals surface area contributed by atoms with Gasteiger partial charge >= 0.3 is 0 Å². The third-order valence-electron chi connectivity index (χ3n) is 2.36. The fourth-order valence-corrected chi connectivity index (χ4v) is 1.80. The molecule has 1 fully saturated rings. The predicted octanol–water partition coefficient (Wildman–Crippen LogP) is 2.79. The highest BCUT2D eigenvalue weighted by Crippen LogP contribution is 2.58. The molecule has 1 unspecified atom stereocenters. The molecule has 0 spiro atoms. The van der Waals surface area contributed by atoms with Crippen molar-refractivity contribution in [2.24, 2.45) is 5.41 Å². The Bertz CT molecular complexity index is 279. The summed E-state index contributed by atoms with van der Waals surface area (Å²) >= 11 is 2.10. The van der Waals surface area contributed by atoms with Crippen LogP contribution >= 0.6 is 22.6 Å². The molecule has 1 aromatic heterocycles. The van der Waals surface area contributed by atoms with Gasteiger partial charge < -0.3 is 4.42 Å². The van der Waals surface area contributed by atoms with Gasteiger partial charge in [-0.05, 0) is 11.8 Å². The first-order chi connectivity index (χ1) is 5.09. The van der Waals surface area contributed by atoms with Crippen LogP contribution < -0.4 is 0 Å². The topological polar surface area (TPSA) is 26.0 Å². The molecule has 60 valence electrons. The average Bonchev–Trinajstić information content (AvgIpc) is 2.39. The lowest BCUT2D eigenvalue weighted by atomic mass is 10.1. The molecule has 0 radical (unpaired) electrons. The molecule has 0 aliphatic heterocycles. The minimum absolute atomic E-state index is 0.458. The number of rotatable bonds is 1. The Morgan fingerprint density at radius 1 is 1.73 bits per heavy atom. The lowest BCUT2D eigenvalue weighted by Gasteiger charge is -1.96. The van der Waals surface area contributed by atoms with E-state index >= 15 is 0 Å². The lowest BCUT2D eigenvalue weighted by Crippen LogP contribution is -1.89. The molecule has 0 amide bonds. The van der Waals surface area contributed by atoms with E-state index in [4.69, 9.17) is 4.42 Å². The molecule has 1 aliphatic carbocycles. The van der Waals surface area contributed by atoms with Gasteiger partial charge in [-0.2, -0.15) is 0 Å². The fraction of sp³-hybridized carbons (Fsp3) is 0.625.